The van der Waals surface area contributed by atoms with Gasteiger partial charge in [-0.2, -0.15) is 8.78 Å². The summed E-state index contributed by atoms with van der Waals surface area (Å²) in [5.74, 6) is -6.72. The molecule has 1 unspecified atom stereocenters. The molecule has 0 amide bonds. The lowest BCUT2D eigenvalue weighted by Gasteiger charge is -2.27. The van der Waals surface area contributed by atoms with E-state index in [2.05, 4.69) is 21.2 Å². The zero-order valence-corrected chi connectivity index (χ0v) is 11.2. The van der Waals surface area contributed by atoms with Crippen LogP contribution in [0.3, 0.4) is 0 Å². The summed E-state index contributed by atoms with van der Waals surface area (Å²) in [6, 6.07) is -1.21. The topological polar surface area (TPSA) is 12.0 Å². The van der Waals surface area contributed by atoms with Gasteiger partial charge in [0.2, 0.25) is 0 Å². The molecule has 0 radical (unpaired) electrons. The van der Waals surface area contributed by atoms with Gasteiger partial charge in [-0.3, -0.25) is 0 Å². The highest BCUT2D eigenvalue weighted by Gasteiger charge is 2.50. The normalized spacial score (nSPS) is 13.9. The van der Waals surface area contributed by atoms with Gasteiger partial charge in [0, 0.05) is 5.56 Å². The summed E-state index contributed by atoms with van der Waals surface area (Å²) in [7, 11) is 0. The van der Waals surface area contributed by atoms with Crippen molar-refractivity contribution in [2.24, 2.45) is 0 Å². The molecule has 1 N–H and O–H groups in total. The molecular formula is C11H10BrF6N. The summed E-state index contributed by atoms with van der Waals surface area (Å²) in [5, 5.41) is 2.06. The van der Waals surface area contributed by atoms with Gasteiger partial charge in [-0.1, -0.05) is 6.92 Å². The van der Waals surface area contributed by atoms with Gasteiger partial charge in [0.15, 0.2) is 0 Å². The number of alkyl halides is 4. The van der Waals surface area contributed by atoms with Crippen LogP contribution in [0, 0.1) is 11.6 Å². The van der Waals surface area contributed by atoms with Crippen molar-refractivity contribution in [2.75, 3.05) is 6.54 Å². The molecule has 1 rings (SSSR count). The molecule has 1 nitrogen and oxygen atoms in total. The van der Waals surface area contributed by atoms with Crippen LogP contribution in [0.5, 0.6) is 0 Å². The van der Waals surface area contributed by atoms with E-state index < -0.39 is 35.6 Å². The van der Waals surface area contributed by atoms with Crippen LogP contribution in [-0.4, -0.2) is 18.9 Å². The fourth-order valence-corrected chi connectivity index (χ4v) is 1.86. The lowest BCUT2D eigenvalue weighted by atomic mass is 9.99. The molecule has 108 valence electrons. The van der Waals surface area contributed by atoms with Gasteiger partial charge in [0.1, 0.15) is 17.7 Å². The summed E-state index contributed by atoms with van der Waals surface area (Å²) >= 11 is 2.68. The number of benzene rings is 1. The summed E-state index contributed by atoms with van der Waals surface area (Å²) in [6.07, 6.45) is -4.00. The first-order chi connectivity index (χ1) is 8.71. The summed E-state index contributed by atoms with van der Waals surface area (Å²) in [6.45, 7) is 1.28. The molecule has 0 aliphatic carbocycles. The minimum Gasteiger partial charge on any atom is -0.305 e. The molecule has 19 heavy (non-hydrogen) atoms. The van der Waals surface area contributed by atoms with Crippen LogP contribution in [0.25, 0.3) is 0 Å². The molecule has 0 spiro atoms. The summed E-state index contributed by atoms with van der Waals surface area (Å²) in [5.41, 5.74) is -0.840. The second-order valence-electron chi connectivity index (χ2n) is 3.75. The molecule has 0 bridgehead atoms. The highest BCUT2D eigenvalue weighted by atomic mass is 79.9. The predicted molar refractivity (Wildman–Crippen MR) is 61.4 cm³/mol. The molecule has 0 fully saturated rings. The van der Waals surface area contributed by atoms with Crippen molar-refractivity contribution >= 4 is 15.9 Å². The van der Waals surface area contributed by atoms with E-state index in [1.54, 1.807) is 0 Å². The third-order valence-corrected chi connectivity index (χ3v) is 3.04. The standard InChI is InChI=1S/C11H10BrF6N/c1-2-19-9(11(17,18)10(15)16)5-3-8(14)6(12)4-7(5)13/h3-4,9-10,19H,2H2,1H3. The molecule has 0 aliphatic heterocycles. The van der Waals surface area contributed by atoms with Crippen molar-refractivity contribution in [1.29, 1.82) is 0 Å². The zero-order chi connectivity index (χ0) is 14.8. The quantitative estimate of drug-likeness (QED) is 0.618. The van der Waals surface area contributed by atoms with Gasteiger partial charge in [-0.25, -0.2) is 17.6 Å². The van der Waals surface area contributed by atoms with Crippen LogP contribution in [0.2, 0.25) is 0 Å². The van der Waals surface area contributed by atoms with Crippen molar-refractivity contribution in [1.82, 2.24) is 5.32 Å². The van der Waals surface area contributed by atoms with E-state index in [4.69, 9.17) is 0 Å². The maximum Gasteiger partial charge on any atom is 0.326 e. The Bertz CT molecular complexity index is 451. The number of rotatable bonds is 5. The third-order valence-electron chi connectivity index (χ3n) is 2.43. The minimum absolute atomic E-state index is 0.107. The van der Waals surface area contributed by atoms with Crippen LogP contribution in [0.15, 0.2) is 16.6 Å². The van der Waals surface area contributed by atoms with E-state index in [1.807, 2.05) is 0 Å². The van der Waals surface area contributed by atoms with Gasteiger partial charge < -0.3 is 5.32 Å². The van der Waals surface area contributed by atoms with Crippen molar-refractivity contribution < 1.29 is 26.3 Å². The predicted octanol–water partition coefficient (Wildman–Crippen LogP) is 4.28. The van der Waals surface area contributed by atoms with E-state index in [1.165, 1.54) is 6.92 Å². The first-order valence-electron chi connectivity index (χ1n) is 5.25. The Kier molecular flexibility index (Phi) is 5.26. The molecule has 1 aromatic carbocycles. The molecule has 0 heterocycles. The van der Waals surface area contributed by atoms with Crippen LogP contribution in [0.1, 0.15) is 18.5 Å². The van der Waals surface area contributed by atoms with Gasteiger partial charge in [0.05, 0.1) is 4.47 Å². The number of hydrogen-bond donors (Lipinski definition) is 1. The number of hydrogen-bond acceptors (Lipinski definition) is 1. The van der Waals surface area contributed by atoms with Crippen molar-refractivity contribution in [3.63, 3.8) is 0 Å². The molecule has 0 aliphatic rings. The SMILES string of the molecule is CCNC(c1cc(F)c(Br)cc1F)C(F)(F)C(F)F. The smallest absolute Gasteiger partial charge is 0.305 e. The monoisotopic (exact) mass is 349 g/mol. The maximum atomic E-state index is 13.6. The highest BCUT2D eigenvalue weighted by molar-refractivity contribution is 9.10. The molecular weight excluding hydrogens is 340 g/mol. The minimum atomic E-state index is -4.52. The van der Waals surface area contributed by atoms with Crippen molar-refractivity contribution in [3.05, 3.63) is 33.8 Å². The zero-order valence-electron chi connectivity index (χ0n) is 9.66. The van der Waals surface area contributed by atoms with Crippen LogP contribution in [0.4, 0.5) is 26.3 Å². The number of halogens is 7. The molecule has 1 atom stereocenters. The fraction of sp³-hybridized carbons (Fsp3) is 0.455. The average molecular weight is 350 g/mol. The Labute approximate surface area is 114 Å². The summed E-state index contributed by atoms with van der Waals surface area (Å²) in [4.78, 5) is 0. The van der Waals surface area contributed by atoms with Gasteiger partial charge >= 0.3 is 12.3 Å². The fourth-order valence-electron chi connectivity index (χ4n) is 1.54. The molecule has 0 aromatic heterocycles. The molecule has 0 saturated carbocycles. The second kappa shape index (κ2) is 6.13. The van der Waals surface area contributed by atoms with Gasteiger partial charge in [-0.15, -0.1) is 0 Å². The van der Waals surface area contributed by atoms with E-state index in [-0.39, 0.29) is 11.0 Å². The van der Waals surface area contributed by atoms with E-state index in [0.29, 0.717) is 12.1 Å². The summed E-state index contributed by atoms with van der Waals surface area (Å²) < 4.78 is 78.1. The average Bonchev–Trinajstić information content (AvgIpc) is 2.31. The Morgan fingerprint density at radius 1 is 1.21 bits per heavy atom. The highest BCUT2D eigenvalue weighted by Crippen LogP contribution is 2.38. The first-order valence-corrected chi connectivity index (χ1v) is 6.04. The van der Waals surface area contributed by atoms with E-state index >= 15 is 0 Å². The van der Waals surface area contributed by atoms with E-state index in [0.717, 1.165) is 0 Å². The largest absolute Gasteiger partial charge is 0.326 e. The van der Waals surface area contributed by atoms with Gasteiger partial charge in [-0.05, 0) is 34.6 Å². The van der Waals surface area contributed by atoms with Gasteiger partial charge in [0.25, 0.3) is 0 Å². The van der Waals surface area contributed by atoms with Crippen LogP contribution < -0.4 is 5.32 Å². The lowest BCUT2D eigenvalue weighted by Crippen LogP contribution is -2.43. The Hall–Kier alpha value is -0.760. The number of nitrogens with one attached hydrogen (secondary N) is 1. The Balaban J connectivity index is 3.31. The van der Waals surface area contributed by atoms with Crippen molar-refractivity contribution in [3.8, 4) is 0 Å². The maximum absolute atomic E-state index is 13.6. The van der Waals surface area contributed by atoms with Crippen molar-refractivity contribution in [2.45, 2.75) is 25.3 Å². The Morgan fingerprint density at radius 2 is 1.79 bits per heavy atom. The van der Waals surface area contributed by atoms with Crippen LogP contribution >= 0.6 is 15.9 Å². The second-order valence-corrected chi connectivity index (χ2v) is 4.61. The van der Waals surface area contributed by atoms with Crippen LogP contribution in [-0.2, 0) is 0 Å². The first kappa shape index (κ1) is 16.3. The van der Waals surface area contributed by atoms with E-state index in [9.17, 15) is 26.3 Å². The third kappa shape index (κ3) is 3.42. The molecule has 1 aromatic rings. The molecule has 8 heteroatoms. The lowest BCUT2D eigenvalue weighted by molar-refractivity contribution is -0.151. The Morgan fingerprint density at radius 3 is 2.26 bits per heavy atom. The molecule has 0 saturated heterocycles.